The van der Waals surface area contributed by atoms with Gasteiger partial charge in [0, 0.05) is 34.8 Å². The van der Waals surface area contributed by atoms with Crippen molar-refractivity contribution in [3.8, 4) is 0 Å². The molecule has 0 aromatic heterocycles. The van der Waals surface area contributed by atoms with Crippen molar-refractivity contribution in [2.45, 2.75) is 31.7 Å². The fraction of sp³-hybridized carbons (Fsp3) is 0.600. The van der Waals surface area contributed by atoms with Crippen molar-refractivity contribution in [2.75, 3.05) is 24.5 Å². The first-order valence-corrected chi connectivity index (χ1v) is 8.63. The minimum atomic E-state index is -0.324. The van der Waals surface area contributed by atoms with Crippen molar-refractivity contribution >= 4 is 34.0 Å². The summed E-state index contributed by atoms with van der Waals surface area (Å²) in [5.74, 6) is 0.803. The summed E-state index contributed by atoms with van der Waals surface area (Å²) in [7, 11) is 0. The van der Waals surface area contributed by atoms with E-state index in [0.717, 1.165) is 34.8 Å². The summed E-state index contributed by atoms with van der Waals surface area (Å²) in [6.07, 6.45) is 5.11. The maximum Gasteiger partial charge on any atom is 0.270 e. The van der Waals surface area contributed by atoms with Gasteiger partial charge in [-0.1, -0.05) is 0 Å². The zero-order chi connectivity index (χ0) is 14.8. The van der Waals surface area contributed by atoms with Crippen molar-refractivity contribution in [2.24, 2.45) is 5.92 Å². The maximum absolute atomic E-state index is 10.9. The molecule has 1 N–H and O–H groups in total. The highest BCUT2D eigenvalue weighted by molar-refractivity contribution is 14.1. The van der Waals surface area contributed by atoms with Gasteiger partial charge in [0.2, 0.25) is 0 Å². The van der Waals surface area contributed by atoms with Gasteiger partial charge in [0.15, 0.2) is 0 Å². The average Bonchev–Trinajstić information content (AvgIpc) is 3.11. The third-order valence-electron chi connectivity index (χ3n) is 4.26. The molecule has 3 rings (SSSR count). The highest BCUT2D eigenvalue weighted by Crippen LogP contribution is 2.34. The number of non-ortho nitro benzene ring substituents is 1. The third kappa shape index (κ3) is 3.85. The summed E-state index contributed by atoms with van der Waals surface area (Å²) in [5, 5.41) is 14.4. The Hall–Kier alpha value is -0.890. The minimum Gasteiger partial charge on any atom is -0.369 e. The van der Waals surface area contributed by atoms with E-state index in [1.165, 1.54) is 25.7 Å². The Kier molecular flexibility index (Phi) is 4.63. The molecule has 5 nitrogen and oxygen atoms in total. The van der Waals surface area contributed by atoms with Crippen LogP contribution in [0.15, 0.2) is 18.2 Å². The van der Waals surface area contributed by atoms with Crippen LogP contribution in [0.2, 0.25) is 0 Å². The molecule has 21 heavy (non-hydrogen) atoms. The molecule has 1 aromatic rings. The predicted molar refractivity (Wildman–Crippen MR) is 91.8 cm³/mol. The molecule has 0 amide bonds. The summed E-state index contributed by atoms with van der Waals surface area (Å²) in [6, 6.07) is 5.77. The Bertz CT molecular complexity index is 528. The number of nitro groups is 1. The second kappa shape index (κ2) is 6.48. The smallest absolute Gasteiger partial charge is 0.270 e. The Balaban J connectivity index is 1.78. The van der Waals surface area contributed by atoms with Crippen LogP contribution in [0, 0.1) is 19.6 Å². The lowest BCUT2D eigenvalue weighted by molar-refractivity contribution is -0.384. The minimum absolute atomic E-state index is 0.175. The van der Waals surface area contributed by atoms with E-state index >= 15 is 0 Å². The zero-order valence-corrected chi connectivity index (χ0v) is 14.1. The second-order valence-corrected chi connectivity index (χ2v) is 7.20. The quantitative estimate of drug-likeness (QED) is 0.452. The molecule has 1 saturated heterocycles. The van der Waals surface area contributed by atoms with Gasteiger partial charge in [-0.15, -0.1) is 0 Å². The maximum atomic E-state index is 10.9. The van der Waals surface area contributed by atoms with E-state index in [2.05, 4.69) is 32.8 Å². The van der Waals surface area contributed by atoms with Gasteiger partial charge in [-0.3, -0.25) is 10.1 Å². The Morgan fingerprint density at radius 2 is 2.14 bits per heavy atom. The summed E-state index contributed by atoms with van der Waals surface area (Å²) in [6.45, 7) is 3.19. The molecular weight excluding hydrogens is 381 g/mol. The van der Waals surface area contributed by atoms with Crippen molar-refractivity contribution in [1.82, 2.24) is 5.32 Å². The fourth-order valence-corrected chi connectivity index (χ4v) is 3.77. The fourth-order valence-electron chi connectivity index (χ4n) is 2.93. The van der Waals surface area contributed by atoms with Crippen LogP contribution in [0.4, 0.5) is 11.4 Å². The molecule has 6 heteroatoms. The molecule has 1 aromatic carbocycles. The number of nitro benzene ring substituents is 1. The lowest BCUT2D eigenvalue weighted by atomic mass is 10.1. The molecule has 114 valence electrons. The van der Waals surface area contributed by atoms with E-state index in [-0.39, 0.29) is 10.6 Å². The van der Waals surface area contributed by atoms with Crippen LogP contribution >= 0.6 is 22.6 Å². The van der Waals surface area contributed by atoms with Crippen molar-refractivity contribution < 1.29 is 4.92 Å². The predicted octanol–water partition coefficient (Wildman–Crippen LogP) is 3.17. The van der Waals surface area contributed by atoms with Gasteiger partial charge >= 0.3 is 0 Å². The van der Waals surface area contributed by atoms with E-state index < -0.39 is 0 Å². The highest BCUT2D eigenvalue weighted by atomic mass is 127. The summed E-state index contributed by atoms with van der Waals surface area (Å²) < 4.78 is 0.973. The van der Waals surface area contributed by atoms with Crippen molar-refractivity contribution in [3.05, 3.63) is 31.9 Å². The van der Waals surface area contributed by atoms with Crippen LogP contribution in [-0.2, 0) is 0 Å². The molecule has 2 aliphatic rings. The molecule has 1 heterocycles. The molecule has 1 aliphatic heterocycles. The number of hydrogen-bond donors (Lipinski definition) is 1. The number of halogens is 1. The van der Waals surface area contributed by atoms with Crippen LogP contribution in [0.1, 0.15) is 25.7 Å². The topological polar surface area (TPSA) is 58.4 Å². The monoisotopic (exact) mass is 401 g/mol. The average molecular weight is 401 g/mol. The molecule has 1 unspecified atom stereocenters. The van der Waals surface area contributed by atoms with Crippen LogP contribution < -0.4 is 10.2 Å². The number of rotatable bonds is 6. The Labute approximate surface area is 138 Å². The summed E-state index contributed by atoms with van der Waals surface area (Å²) >= 11 is 2.22. The molecule has 0 spiro atoms. The van der Waals surface area contributed by atoms with Crippen LogP contribution in [0.25, 0.3) is 0 Å². The second-order valence-electron chi connectivity index (χ2n) is 6.03. The number of hydrogen-bond acceptors (Lipinski definition) is 4. The highest BCUT2D eigenvalue weighted by Gasteiger charge is 2.28. The Morgan fingerprint density at radius 3 is 2.71 bits per heavy atom. The van der Waals surface area contributed by atoms with Gasteiger partial charge in [0.25, 0.3) is 5.69 Å². The van der Waals surface area contributed by atoms with Gasteiger partial charge in [0.05, 0.1) is 10.6 Å². The molecule has 1 saturated carbocycles. The molecular formula is C15H20IN3O2. The van der Waals surface area contributed by atoms with Crippen molar-refractivity contribution in [1.29, 1.82) is 0 Å². The zero-order valence-electron chi connectivity index (χ0n) is 11.9. The molecule has 1 atom stereocenters. The molecule has 0 bridgehead atoms. The van der Waals surface area contributed by atoms with Gasteiger partial charge in [0.1, 0.15) is 0 Å². The first kappa shape index (κ1) is 15.0. The largest absolute Gasteiger partial charge is 0.369 e. The van der Waals surface area contributed by atoms with Crippen LogP contribution in [-0.4, -0.2) is 30.6 Å². The first-order valence-electron chi connectivity index (χ1n) is 7.56. The normalized spacial score (nSPS) is 21.5. The van der Waals surface area contributed by atoms with Gasteiger partial charge < -0.3 is 10.2 Å². The summed E-state index contributed by atoms with van der Waals surface area (Å²) in [4.78, 5) is 13.0. The SMILES string of the molecule is O=[N+]([O-])c1ccc(N(CC2CC2)CC2CCCN2)c(I)c1. The lowest BCUT2D eigenvalue weighted by Crippen LogP contribution is -2.39. The van der Waals surface area contributed by atoms with Crippen molar-refractivity contribution in [3.63, 3.8) is 0 Å². The van der Waals surface area contributed by atoms with Crippen LogP contribution in [0.3, 0.4) is 0 Å². The molecule has 1 aliphatic carbocycles. The third-order valence-corrected chi connectivity index (χ3v) is 5.13. The Morgan fingerprint density at radius 1 is 1.33 bits per heavy atom. The molecule has 2 fully saturated rings. The van der Waals surface area contributed by atoms with Gasteiger partial charge in [-0.2, -0.15) is 0 Å². The number of nitrogens with one attached hydrogen (secondary N) is 1. The number of anilines is 1. The lowest BCUT2D eigenvalue weighted by Gasteiger charge is -2.29. The number of benzene rings is 1. The first-order chi connectivity index (χ1) is 10.1. The van der Waals surface area contributed by atoms with Gasteiger partial charge in [-0.25, -0.2) is 0 Å². The van der Waals surface area contributed by atoms with E-state index in [9.17, 15) is 10.1 Å². The van der Waals surface area contributed by atoms with E-state index in [1.54, 1.807) is 12.1 Å². The summed E-state index contributed by atoms with van der Waals surface area (Å²) in [5.41, 5.74) is 1.32. The van der Waals surface area contributed by atoms with Gasteiger partial charge in [-0.05, 0) is 66.8 Å². The number of nitrogens with zero attached hydrogens (tertiary/aromatic N) is 2. The van der Waals surface area contributed by atoms with E-state index in [0.29, 0.717) is 6.04 Å². The molecule has 0 radical (unpaired) electrons. The standard InChI is InChI=1S/C15H20IN3O2/c16-14-8-13(19(20)21)5-6-15(14)18(9-11-3-4-11)10-12-2-1-7-17-12/h5-6,8,11-12,17H,1-4,7,9-10H2. The van der Waals surface area contributed by atoms with E-state index in [1.807, 2.05) is 6.07 Å². The van der Waals surface area contributed by atoms with E-state index in [4.69, 9.17) is 0 Å². The van der Waals surface area contributed by atoms with Crippen LogP contribution in [0.5, 0.6) is 0 Å².